The molecule has 0 fully saturated rings. The van der Waals surface area contributed by atoms with Gasteiger partial charge in [-0.2, -0.15) is 0 Å². The molecule has 0 saturated heterocycles. The molecule has 0 amide bonds. The van der Waals surface area contributed by atoms with Gasteiger partial charge in [-0.15, -0.1) is 0 Å². The maximum absolute atomic E-state index is 11.2. The smallest absolute Gasteiger partial charge is 0.385 e. The number of anilines is 1. The average Bonchev–Trinajstić information content (AvgIpc) is 2.45. The van der Waals surface area contributed by atoms with E-state index in [-0.39, 0.29) is 0 Å². The molecule has 1 aromatic heterocycles. The third-order valence-corrected chi connectivity index (χ3v) is 1.95. The zero-order valence-corrected chi connectivity index (χ0v) is 9.64. The van der Waals surface area contributed by atoms with Crippen molar-refractivity contribution in [3.8, 4) is 11.8 Å². The molecule has 2 N–H and O–H groups in total. The fourth-order valence-corrected chi connectivity index (χ4v) is 1.30. The maximum Gasteiger partial charge on any atom is 0.385 e. The Kier molecular flexibility index (Phi) is 3.32. The minimum absolute atomic E-state index is 0.434. The molecule has 0 bridgehead atoms. The third-order valence-electron chi connectivity index (χ3n) is 1.21. The molecule has 0 spiro atoms. The Morgan fingerprint density at radius 2 is 2.27 bits per heavy atom. The van der Waals surface area contributed by atoms with E-state index in [9.17, 15) is 4.79 Å². The summed E-state index contributed by atoms with van der Waals surface area (Å²) in [5, 5.41) is 0.434. The van der Waals surface area contributed by atoms with E-state index < -0.39 is 11.6 Å². The minimum Gasteiger partial charge on any atom is -0.450 e. The van der Waals surface area contributed by atoms with Gasteiger partial charge < -0.3 is 10.5 Å². The molecule has 1 rings (SSSR count). The zero-order chi connectivity index (χ0) is 11.5. The summed E-state index contributed by atoms with van der Waals surface area (Å²) in [6.45, 7) is 5.37. The number of carbonyl (C=O) groups is 1. The van der Waals surface area contributed by atoms with Gasteiger partial charge in [0.2, 0.25) is 0 Å². The number of ether oxygens (including phenoxy) is 1. The predicted octanol–water partition coefficient (Wildman–Crippen LogP) is 1.42. The molecule has 15 heavy (non-hydrogen) atoms. The van der Waals surface area contributed by atoms with Crippen LogP contribution >= 0.6 is 11.3 Å². The quantitative estimate of drug-likeness (QED) is 0.534. The van der Waals surface area contributed by atoms with Gasteiger partial charge in [-0.25, -0.2) is 9.78 Å². The van der Waals surface area contributed by atoms with Crippen LogP contribution in [0, 0.1) is 11.8 Å². The van der Waals surface area contributed by atoms with Crippen LogP contribution in [0.15, 0.2) is 6.20 Å². The number of nitrogens with zero attached hydrogens (tertiary/aromatic N) is 1. The molecule has 0 radical (unpaired) electrons. The fourth-order valence-electron chi connectivity index (χ4n) is 0.762. The number of nitrogens with two attached hydrogens (primary N) is 1. The Bertz CT molecular complexity index is 421. The van der Waals surface area contributed by atoms with Gasteiger partial charge in [0.05, 0.1) is 11.1 Å². The normalized spacial score (nSPS) is 10.3. The lowest BCUT2D eigenvalue weighted by Gasteiger charge is -2.16. The molecule has 0 saturated carbocycles. The molecule has 4 nitrogen and oxygen atoms in total. The lowest BCUT2D eigenvalue weighted by Crippen LogP contribution is -2.22. The first-order valence-electron chi connectivity index (χ1n) is 4.33. The van der Waals surface area contributed by atoms with E-state index in [4.69, 9.17) is 10.5 Å². The van der Waals surface area contributed by atoms with Gasteiger partial charge in [0.1, 0.15) is 5.60 Å². The Balaban J connectivity index is 2.63. The lowest BCUT2D eigenvalue weighted by atomic mass is 10.2. The molecule has 5 heteroatoms. The van der Waals surface area contributed by atoms with Crippen molar-refractivity contribution in [3.05, 3.63) is 11.1 Å². The SMILES string of the molecule is CC(C)(C)OC(=O)C#Cc1cnc(N)s1. The molecule has 1 heterocycles. The van der Waals surface area contributed by atoms with Crippen LogP contribution in [0.4, 0.5) is 5.13 Å². The van der Waals surface area contributed by atoms with E-state index in [0.29, 0.717) is 10.0 Å². The summed E-state index contributed by atoms with van der Waals surface area (Å²) in [6.07, 6.45) is 1.53. The van der Waals surface area contributed by atoms with Crippen molar-refractivity contribution >= 4 is 22.4 Å². The number of hydrogen-bond donors (Lipinski definition) is 1. The van der Waals surface area contributed by atoms with Crippen molar-refractivity contribution in [3.63, 3.8) is 0 Å². The maximum atomic E-state index is 11.2. The van der Waals surface area contributed by atoms with Crippen molar-refractivity contribution in [1.82, 2.24) is 4.98 Å². The molecule has 0 aromatic carbocycles. The molecular weight excluding hydrogens is 212 g/mol. The summed E-state index contributed by atoms with van der Waals surface area (Å²) < 4.78 is 5.01. The van der Waals surface area contributed by atoms with Crippen LogP contribution in [0.1, 0.15) is 25.6 Å². The standard InChI is InChI=1S/C10H12N2O2S/c1-10(2,3)14-8(13)5-4-7-6-12-9(11)15-7/h6H,1-3H3,(H2,11,12). The zero-order valence-electron chi connectivity index (χ0n) is 8.83. The van der Waals surface area contributed by atoms with E-state index >= 15 is 0 Å². The molecule has 0 aliphatic carbocycles. The summed E-state index contributed by atoms with van der Waals surface area (Å²) in [7, 11) is 0. The summed E-state index contributed by atoms with van der Waals surface area (Å²) in [6, 6.07) is 0. The first-order valence-corrected chi connectivity index (χ1v) is 5.15. The third kappa shape index (κ3) is 4.47. The molecule has 0 unspecified atom stereocenters. The minimum atomic E-state index is -0.547. The van der Waals surface area contributed by atoms with Crippen LogP contribution in [-0.4, -0.2) is 16.6 Å². The first-order chi connectivity index (χ1) is 6.87. The second-order valence-corrected chi connectivity index (χ2v) is 4.88. The second kappa shape index (κ2) is 4.32. The van der Waals surface area contributed by atoms with Crippen LogP contribution < -0.4 is 5.73 Å². The van der Waals surface area contributed by atoms with Gasteiger partial charge in [-0.3, -0.25) is 0 Å². The molecule has 0 atom stereocenters. The first kappa shape index (κ1) is 11.5. The highest BCUT2D eigenvalue weighted by atomic mass is 32.1. The van der Waals surface area contributed by atoms with E-state index in [2.05, 4.69) is 16.8 Å². The van der Waals surface area contributed by atoms with Gasteiger partial charge in [-0.05, 0) is 26.7 Å². The lowest BCUT2D eigenvalue weighted by molar-refractivity contribution is -0.147. The van der Waals surface area contributed by atoms with Crippen molar-refractivity contribution in [2.24, 2.45) is 0 Å². The number of nitrogen functional groups attached to an aromatic ring is 1. The largest absolute Gasteiger partial charge is 0.450 e. The van der Waals surface area contributed by atoms with Crippen LogP contribution in [-0.2, 0) is 9.53 Å². The Morgan fingerprint density at radius 3 is 2.73 bits per heavy atom. The summed E-state index contributed by atoms with van der Waals surface area (Å²) in [5.74, 6) is 4.47. The highest BCUT2D eigenvalue weighted by Crippen LogP contribution is 2.12. The average molecular weight is 224 g/mol. The Hall–Kier alpha value is -1.54. The molecule has 0 aliphatic rings. The Morgan fingerprint density at radius 1 is 1.60 bits per heavy atom. The fraction of sp³-hybridized carbons (Fsp3) is 0.400. The van der Waals surface area contributed by atoms with Crippen molar-refractivity contribution in [2.75, 3.05) is 5.73 Å². The van der Waals surface area contributed by atoms with E-state index in [1.807, 2.05) is 0 Å². The monoisotopic (exact) mass is 224 g/mol. The summed E-state index contributed by atoms with van der Waals surface area (Å²) >= 11 is 1.23. The van der Waals surface area contributed by atoms with E-state index in [1.165, 1.54) is 17.5 Å². The number of esters is 1. The van der Waals surface area contributed by atoms with Crippen LogP contribution in [0.3, 0.4) is 0 Å². The number of carbonyl (C=O) groups excluding carboxylic acids is 1. The van der Waals surface area contributed by atoms with Crippen molar-refractivity contribution in [2.45, 2.75) is 26.4 Å². The van der Waals surface area contributed by atoms with Crippen molar-refractivity contribution in [1.29, 1.82) is 0 Å². The van der Waals surface area contributed by atoms with Gasteiger partial charge in [0.25, 0.3) is 0 Å². The van der Waals surface area contributed by atoms with Crippen LogP contribution in [0.2, 0.25) is 0 Å². The predicted molar refractivity (Wildman–Crippen MR) is 59.2 cm³/mol. The molecule has 1 aromatic rings. The number of thiazole rings is 1. The van der Waals surface area contributed by atoms with Gasteiger partial charge in [0.15, 0.2) is 5.13 Å². The second-order valence-electron chi connectivity index (χ2n) is 3.81. The summed E-state index contributed by atoms with van der Waals surface area (Å²) in [4.78, 5) is 15.7. The van der Waals surface area contributed by atoms with Crippen LogP contribution in [0.5, 0.6) is 0 Å². The molecular formula is C10H12N2O2S. The number of aromatic nitrogens is 1. The van der Waals surface area contributed by atoms with Crippen LogP contribution in [0.25, 0.3) is 0 Å². The van der Waals surface area contributed by atoms with Gasteiger partial charge in [-0.1, -0.05) is 11.3 Å². The van der Waals surface area contributed by atoms with E-state index in [0.717, 1.165) is 0 Å². The number of hydrogen-bond acceptors (Lipinski definition) is 5. The van der Waals surface area contributed by atoms with Gasteiger partial charge in [0, 0.05) is 5.92 Å². The topological polar surface area (TPSA) is 65.2 Å². The summed E-state index contributed by atoms with van der Waals surface area (Å²) in [5.41, 5.74) is 4.89. The van der Waals surface area contributed by atoms with Gasteiger partial charge >= 0.3 is 5.97 Å². The Labute approximate surface area is 92.5 Å². The number of rotatable bonds is 0. The molecule has 80 valence electrons. The highest BCUT2D eigenvalue weighted by molar-refractivity contribution is 7.15. The van der Waals surface area contributed by atoms with Crippen molar-refractivity contribution < 1.29 is 9.53 Å². The highest BCUT2D eigenvalue weighted by Gasteiger charge is 2.14. The van der Waals surface area contributed by atoms with E-state index in [1.54, 1.807) is 20.8 Å². The molecule has 0 aliphatic heterocycles.